The molecule has 2 N–H and O–H groups in total. The van der Waals surface area contributed by atoms with Crippen LogP contribution >= 0.6 is 11.3 Å². The standard InChI is InChI=1S/C12H19N3O2S/c1-8-4-3-5-15(6-8)12(17)14-11-13-10(7-18-11)9(2)16/h7-9,16H,3-6H2,1-2H3,(H,13,14,17). The fraction of sp³-hybridized carbons (Fsp3) is 0.667. The van der Waals surface area contributed by atoms with E-state index in [1.54, 1.807) is 12.3 Å². The van der Waals surface area contributed by atoms with E-state index < -0.39 is 6.10 Å². The number of nitrogens with zero attached hydrogens (tertiary/aromatic N) is 2. The van der Waals surface area contributed by atoms with Crippen LogP contribution in [0.4, 0.5) is 9.93 Å². The molecule has 0 spiro atoms. The largest absolute Gasteiger partial charge is 0.387 e. The predicted molar refractivity (Wildman–Crippen MR) is 71.7 cm³/mol. The lowest BCUT2D eigenvalue weighted by molar-refractivity contribution is 0.182. The highest BCUT2D eigenvalue weighted by Crippen LogP contribution is 2.21. The number of thiazole rings is 1. The number of carbonyl (C=O) groups is 1. The molecule has 0 aliphatic carbocycles. The third kappa shape index (κ3) is 3.20. The molecule has 1 aromatic heterocycles. The van der Waals surface area contributed by atoms with Crippen molar-refractivity contribution in [2.75, 3.05) is 18.4 Å². The van der Waals surface area contributed by atoms with Gasteiger partial charge in [-0.25, -0.2) is 9.78 Å². The van der Waals surface area contributed by atoms with Gasteiger partial charge in [-0.3, -0.25) is 5.32 Å². The first-order chi connectivity index (χ1) is 8.56. The van der Waals surface area contributed by atoms with Crippen molar-refractivity contribution in [1.82, 2.24) is 9.88 Å². The highest BCUT2D eigenvalue weighted by molar-refractivity contribution is 7.13. The molecular formula is C12H19N3O2S. The van der Waals surface area contributed by atoms with Gasteiger partial charge in [-0.05, 0) is 25.7 Å². The monoisotopic (exact) mass is 269 g/mol. The predicted octanol–water partition coefficient (Wildman–Crippen LogP) is 2.46. The minimum Gasteiger partial charge on any atom is -0.387 e. The van der Waals surface area contributed by atoms with Crippen molar-refractivity contribution in [2.24, 2.45) is 5.92 Å². The Balaban J connectivity index is 1.93. The molecule has 0 saturated carbocycles. The van der Waals surface area contributed by atoms with Crippen molar-refractivity contribution in [1.29, 1.82) is 0 Å². The van der Waals surface area contributed by atoms with E-state index in [1.165, 1.54) is 17.8 Å². The fourth-order valence-corrected chi connectivity index (χ4v) is 2.87. The van der Waals surface area contributed by atoms with Crippen LogP contribution in [0.15, 0.2) is 5.38 Å². The Morgan fingerprint density at radius 2 is 2.50 bits per heavy atom. The van der Waals surface area contributed by atoms with Crippen LogP contribution in [0.3, 0.4) is 0 Å². The van der Waals surface area contributed by atoms with E-state index in [1.807, 2.05) is 4.90 Å². The number of amides is 2. The Hall–Kier alpha value is -1.14. The molecule has 1 fully saturated rings. The molecule has 0 bridgehead atoms. The lowest BCUT2D eigenvalue weighted by Crippen LogP contribution is -2.41. The van der Waals surface area contributed by atoms with Crippen LogP contribution in [0.5, 0.6) is 0 Å². The van der Waals surface area contributed by atoms with E-state index in [2.05, 4.69) is 17.2 Å². The first-order valence-corrected chi connectivity index (χ1v) is 7.13. The minimum atomic E-state index is -0.595. The van der Waals surface area contributed by atoms with Crippen molar-refractivity contribution in [3.05, 3.63) is 11.1 Å². The molecule has 1 saturated heterocycles. The van der Waals surface area contributed by atoms with Crippen LogP contribution < -0.4 is 5.32 Å². The Kier molecular flexibility index (Phi) is 4.19. The van der Waals surface area contributed by atoms with Crippen LogP contribution in [0.1, 0.15) is 38.5 Å². The fourth-order valence-electron chi connectivity index (χ4n) is 2.08. The zero-order valence-electron chi connectivity index (χ0n) is 10.7. The molecule has 1 aromatic rings. The second kappa shape index (κ2) is 5.67. The normalized spacial score (nSPS) is 21.7. The topological polar surface area (TPSA) is 65.5 Å². The van der Waals surface area contributed by atoms with Gasteiger partial charge in [0.2, 0.25) is 0 Å². The van der Waals surface area contributed by atoms with Crippen molar-refractivity contribution in [3.63, 3.8) is 0 Å². The summed E-state index contributed by atoms with van der Waals surface area (Å²) in [6.07, 6.45) is 1.65. The molecule has 2 amide bonds. The number of rotatable bonds is 2. The van der Waals surface area contributed by atoms with E-state index in [0.717, 1.165) is 19.5 Å². The Bertz CT molecular complexity index is 419. The highest BCUT2D eigenvalue weighted by atomic mass is 32.1. The molecule has 2 atom stereocenters. The molecule has 2 unspecified atom stereocenters. The van der Waals surface area contributed by atoms with Gasteiger partial charge in [0.1, 0.15) is 0 Å². The molecule has 1 aliphatic heterocycles. The van der Waals surface area contributed by atoms with Gasteiger partial charge in [0.05, 0.1) is 11.8 Å². The minimum absolute atomic E-state index is 0.0898. The van der Waals surface area contributed by atoms with Gasteiger partial charge in [-0.15, -0.1) is 11.3 Å². The van der Waals surface area contributed by atoms with Crippen molar-refractivity contribution in [2.45, 2.75) is 32.8 Å². The summed E-state index contributed by atoms with van der Waals surface area (Å²) in [5.74, 6) is 0.564. The number of aliphatic hydroxyl groups is 1. The molecule has 2 rings (SSSR count). The summed E-state index contributed by atoms with van der Waals surface area (Å²) in [4.78, 5) is 18.0. The van der Waals surface area contributed by atoms with Gasteiger partial charge in [-0.1, -0.05) is 6.92 Å². The molecule has 5 nitrogen and oxygen atoms in total. The summed E-state index contributed by atoms with van der Waals surface area (Å²) in [5, 5.41) is 14.5. The third-order valence-electron chi connectivity index (χ3n) is 3.11. The second-order valence-electron chi connectivity index (χ2n) is 4.88. The summed E-state index contributed by atoms with van der Waals surface area (Å²) in [6, 6.07) is -0.0898. The zero-order chi connectivity index (χ0) is 13.1. The highest BCUT2D eigenvalue weighted by Gasteiger charge is 2.21. The van der Waals surface area contributed by atoms with Crippen LogP contribution in [0, 0.1) is 5.92 Å². The second-order valence-corrected chi connectivity index (χ2v) is 5.74. The number of hydrogen-bond acceptors (Lipinski definition) is 4. The first kappa shape index (κ1) is 13.3. The number of likely N-dealkylation sites (tertiary alicyclic amines) is 1. The van der Waals surface area contributed by atoms with Crippen molar-refractivity contribution >= 4 is 22.5 Å². The number of urea groups is 1. The SMILES string of the molecule is CC1CCCN(C(=O)Nc2nc(C(C)O)cs2)C1. The van der Waals surface area contributed by atoms with Crippen LogP contribution in [0.2, 0.25) is 0 Å². The molecule has 2 heterocycles. The number of piperidine rings is 1. The average Bonchev–Trinajstić information content (AvgIpc) is 2.77. The van der Waals surface area contributed by atoms with Gasteiger partial charge < -0.3 is 10.0 Å². The van der Waals surface area contributed by atoms with Gasteiger partial charge in [-0.2, -0.15) is 0 Å². The molecule has 18 heavy (non-hydrogen) atoms. The Morgan fingerprint density at radius 1 is 1.72 bits per heavy atom. The number of nitrogens with one attached hydrogen (secondary N) is 1. The van der Waals surface area contributed by atoms with Crippen molar-refractivity contribution < 1.29 is 9.90 Å². The molecular weight excluding hydrogens is 250 g/mol. The number of carbonyl (C=O) groups excluding carboxylic acids is 1. The van der Waals surface area contributed by atoms with E-state index >= 15 is 0 Å². The number of anilines is 1. The average molecular weight is 269 g/mol. The zero-order valence-corrected chi connectivity index (χ0v) is 11.5. The van der Waals surface area contributed by atoms with E-state index in [-0.39, 0.29) is 6.03 Å². The van der Waals surface area contributed by atoms with Gasteiger partial charge in [0.15, 0.2) is 5.13 Å². The Morgan fingerprint density at radius 3 is 3.11 bits per heavy atom. The lowest BCUT2D eigenvalue weighted by atomic mass is 10.0. The number of aliphatic hydroxyl groups excluding tert-OH is 1. The number of aromatic nitrogens is 1. The summed E-state index contributed by atoms with van der Waals surface area (Å²) < 4.78 is 0. The maximum Gasteiger partial charge on any atom is 0.323 e. The van der Waals surface area contributed by atoms with E-state index in [9.17, 15) is 9.90 Å². The Labute approximate surface area is 111 Å². The van der Waals surface area contributed by atoms with Crippen LogP contribution in [-0.4, -0.2) is 34.1 Å². The molecule has 0 aromatic carbocycles. The lowest BCUT2D eigenvalue weighted by Gasteiger charge is -2.30. The maximum atomic E-state index is 12.0. The van der Waals surface area contributed by atoms with Gasteiger partial charge in [0, 0.05) is 18.5 Å². The summed E-state index contributed by atoms with van der Waals surface area (Å²) in [7, 11) is 0. The molecule has 6 heteroatoms. The molecule has 1 aliphatic rings. The van der Waals surface area contributed by atoms with Crippen LogP contribution in [-0.2, 0) is 0 Å². The van der Waals surface area contributed by atoms with Crippen molar-refractivity contribution in [3.8, 4) is 0 Å². The number of hydrogen-bond donors (Lipinski definition) is 2. The summed E-state index contributed by atoms with van der Waals surface area (Å²) in [6.45, 7) is 5.44. The van der Waals surface area contributed by atoms with E-state index in [0.29, 0.717) is 16.7 Å². The first-order valence-electron chi connectivity index (χ1n) is 6.25. The molecule has 0 radical (unpaired) electrons. The maximum absolute atomic E-state index is 12.0. The molecule has 100 valence electrons. The van der Waals surface area contributed by atoms with Crippen LogP contribution in [0.25, 0.3) is 0 Å². The van der Waals surface area contributed by atoms with Gasteiger partial charge in [0.25, 0.3) is 0 Å². The smallest absolute Gasteiger partial charge is 0.323 e. The van der Waals surface area contributed by atoms with E-state index in [4.69, 9.17) is 0 Å². The summed E-state index contributed by atoms with van der Waals surface area (Å²) >= 11 is 1.34. The van der Waals surface area contributed by atoms with Gasteiger partial charge >= 0.3 is 6.03 Å². The quantitative estimate of drug-likeness (QED) is 0.866. The summed E-state index contributed by atoms with van der Waals surface area (Å²) in [5.41, 5.74) is 0.599. The third-order valence-corrected chi connectivity index (χ3v) is 3.88.